The topological polar surface area (TPSA) is 30.0 Å². The first kappa shape index (κ1) is 19.8. The van der Waals surface area contributed by atoms with Crippen LogP contribution in [-0.4, -0.2) is 11.3 Å². The van der Waals surface area contributed by atoms with E-state index in [4.69, 9.17) is 69.6 Å². The molecule has 3 aromatic rings. The Kier molecular flexibility index (Phi) is 6.03. The predicted octanol–water partition coefficient (Wildman–Crippen LogP) is 8.15. The van der Waals surface area contributed by atoms with Crippen molar-refractivity contribution in [3.63, 3.8) is 0 Å². The van der Waals surface area contributed by atoms with Crippen molar-refractivity contribution in [3.05, 3.63) is 72.2 Å². The van der Waals surface area contributed by atoms with E-state index in [1.54, 1.807) is 30.3 Å². The summed E-state index contributed by atoms with van der Waals surface area (Å²) in [6.45, 7) is 0. The van der Waals surface area contributed by atoms with Crippen LogP contribution in [0.25, 0.3) is 22.4 Å². The standard InChI is InChI=1S/C18H7Cl6NO/c19-10-1-3-12(21)17(23)15(10)9-6-25-14(5-8(9)7-26)16-11(20)2-4-13(22)18(16)24/h1-7H. The molecule has 0 fully saturated rings. The summed E-state index contributed by atoms with van der Waals surface area (Å²) < 4.78 is 0. The highest BCUT2D eigenvalue weighted by molar-refractivity contribution is 6.47. The number of aromatic nitrogens is 1. The van der Waals surface area contributed by atoms with Gasteiger partial charge in [0.25, 0.3) is 0 Å². The zero-order valence-electron chi connectivity index (χ0n) is 12.7. The Labute approximate surface area is 179 Å². The SMILES string of the molecule is O=Cc1cc(-c2c(Cl)ccc(Cl)c2Cl)ncc1-c1c(Cl)ccc(Cl)c1Cl. The molecular weight excluding hydrogens is 459 g/mol. The van der Waals surface area contributed by atoms with Crippen LogP contribution in [0.5, 0.6) is 0 Å². The van der Waals surface area contributed by atoms with Gasteiger partial charge in [-0.25, -0.2) is 0 Å². The molecule has 0 amide bonds. The number of nitrogens with zero attached hydrogens (tertiary/aromatic N) is 1. The van der Waals surface area contributed by atoms with Crippen LogP contribution in [-0.2, 0) is 0 Å². The van der Waals surface area contributed by atoms with Gasteiger partial charge in [0.1, 0.15) is 0 Å². The van der Waals surface area contributed by atoms with E-state index in [2.05, 4.69) is 4.98 Å². The molecule has 0 bridgehead atoms. The zero-order chi connectivity index (χ0) is 19.0. The molecule has 0 N–H and O–H groups in total. The van der Waals surface area contributed by atoms with Crippen LogP contribution in [0.15, 0.2) is 36.5 Å². The third kappa shape index (κ3) is 3.55. The summed E-state index contributed by atoms with van der Waals surface area (Å²) in [5.41, 5.74) is 1.98. The van der Waals surface area contributed by atoms with Gasteiger partial charge >= 0.3 is 0 Å². The zero-order valence-corrected chi connectivity index (χ0v) is 17.2. The molecule has 3 rings (SSSR count). The Hall–Kier alpha value is -1.000. The van der Waals surface area contributed by atoms with Gasteiger partial charge in [0, 0.05) is 28.5 Å². The van der Waals surface area contributed by atoms with Crippen LogP contribution in [0.2, 0.25) is 30.1 Å². The number of halogens is 6. The van der Waals surface area contributed by atoms with Crippen molar-refractivity contribution in [2.24, 2.45) is 0 Å². The lowest BCUT2D eigenvalue weighted by Crippen LogP contribution is -1.95. The molecule has 2 nitrogen and oxygen atoms in total. The van der Waals surface area contributed by atoms with Gasteiger partial charge in [0.05, 0.1) is 35.8 Å². The number of carbonyl (C=O) groups excluding carboxylic acids is 1. The molecular formula is C18H7Cl6NO. The highest BCUT2D eigenvalue weighted by Crippen LogP contribution is 2.42. The first-order chi connectivity index (χ1) is 12.3. The number of hydrogen-bond acceptors (Lipinski definition) is 2. The van der Waals surface area contributed by atoms with Gasteiger partial charge in [-0.1, -0.05) is 69.6 Å². The number of benzene rings is 2. The number of pyridine rings is 1. The van der Waals surface area contributed by atoms with E-state index in [0.29, 0.717) is 54.3 Å². The van der Waals surface area contributed by atoms with E-state index >= 15 is 0 Å². The van der Waals surface area contributed by atoms with Gasteiger partial charge in [0.15, 0.2) is 6.29 Å². The minimum absolute atomic E-state index is 0.232. The Bertz CT molecular complexity index is 1030. The Morgan fingerprint density at radius 3 is 1.81 bits per heavy atom. The van der Waals surface area contributed by atoms with Crippen LogP contribution in [0.1, 0.15) is 10.4 Å². The average molecular weight is 466 g/mol. The average Bonchev–Trinajstić information content (AvgIpc) is 2.63. The van der Waals surface area contributed by atoms with Gasteiger partial charge in [-0.15, -0.1) is 0 Å². The summed E-state index contributed by atoms with van der Waals surface area (Å²) in [5, 5.41) is 1.82. The third-order valence-corrected chi connectivity index (χ3v) is 5.91. The molecule has 0 saturated carbocycles. The Morgan fingerprint density at radius 1 is 0.731 bits per heavy atom. The molecule has 0 aliphatic rings. The van der Waals surface area contributed by atoms with Crippen molar-refractivity contribution in [1.82, 2.24) is 4.98 Å². The van der Waals surface area contributed by atoms with Gasteiger partial charge < -0.3 is 0 Å². The maximum atomic E-state index is 11.7. The lowest BCUT2D eigenvalue weighted by atomic mass is 10.00. The van der Waals surface area contributed by atoms with E-state index in [-0.39, 0.29) is 10.0 Å². The van der Waals surface area contributed by atoms with Gasteiger partial charge in [-0.05, 0) is 30.3 Å². The van der Waals surface area contributed by atoms with Crippen molar-refractivity contribution in [1.29, 1.82) is 0 Å². The summed E-state index contributed by atoms with van der Waals surface area (Å²) in [5.74, 6) is 0. The van der Waals surface area contributed by atoms with Crippen molar-refractivity contribution >= 4 is 75.9 Å². The molecule has 8 heteroatoms. The molecule has 2 aromatic carbocycles. The molecule has 0 aliphatic heterocycles. The van der Waals surface area contributed by atoms with Crippen molar-refractivity contribution < 1.29 is 4.79 Å². The summed E-state index contributed by atoms with van der Waals surface area (Å²) in [6.07, 6.45) is 2.14. The Morgan fingerprint density at radius 2 is 1.23 bits per heavy atom. The van der Waals surface area contributed by atoms with Crippen molar-refractivity contribution in [2.75, 3.05) is 0 Å². The number of rotatable bonds is 3. The van der Waals surface area contributed by atoms with Crippen LogP contribution < -0.4 is 0 Å². The molecule has 1 heterocycles. The number of hydrogen-bond donors (Lipinski definition) is 0. The lowest BCUT2D eigenvalue weighted by Gasteiger charge is -2.13. The van der Waals surface area contributed by atoms with E-state index in [1.165, 1.54) is 6.20 Å². The van der Waals surface area contributed by atoms with Crippen LogP contribution in [0.4, 0.5) is 0 Å². The van der Waals surface area contributed by atoms with Gasteiger partial charge in [-0.2, -0.15) is 0 Å². The van der Waals surface area contributed by atoms with Crippen LogP contribution in [0.3, 0.4) is 0 Å². The second-order valence-corrected chi connectivity index (χ2v) is 7.60. The minimum Gasteiger partial charge on any atom is -0.298 e. The normalized spacial score (nSPS) is 10.8. The van der Waals surface area contributed by atoms with E-state index < -0.39 is 0 Å². The maximum Gasteiger partial charge on any atom is 0.150 e. The molecule has 26 heavy (non-hydrogen) atoms. The van der Waals surface area contributed by atoms with Crippen molar-refractivity contribution in [3.8, 4) is 22.4 Å². The molecule has 1 aromatic heterocycles. The van der Waals surface area contributed by atoms with E-state index in [9.17, 15) is 4.79 Å². The monoisotopic (exact) mass is 463 g/mol. The molecule has 0 aliphatic carbocycles. The second kappa shape index (κ2) is 7.93. The fourth-order valence-electron chi connectivity index (χ4n) is 2.45. The van der Waals surface area contributed by atoms with E-state index in [0.717, 1.165) is 0 Å². The number of carbonyl (C=O) groups is 1. The molecule has 0 atom stereocenters. The van der Waals surface area contributed by atoms with Crippen LogP contribution >= 0.6 is 69.6 Å². The summed E-state index contributed by atoms with van der Waals surface area (Å²) >= 11 is 37.1. The second-order valence-electron chi connectivity index (χ2n) is 5.21. The van der Waals surface area contributed by atoms with Gasteiger partial charge in [0.2, 0.25) is 0 Å². The molecule has 0 spiro atoms. The first-order valence-corrected chi connectivity index (χ1v) is 9.35. The third-order valence-electron chi connectivity index (χ3n) is 3.68. The summed E-state index contributed by atoms with van der Waals surface area (Å²) in [6, 6.07) is 7.89. The van der Waals surface area contributed by atoms with Gasteiger partial charge in [-0.3, -0.25) is 9.78 Å². The molecule has 0 unspecified atom stereocenters. The summed E-state index contributed by atoms with van der Waals surface area (Å²) in [7, 11) is 0. The quantitative estimate of drug-likeness (QED) is 0.288. The molecule has 0 radical (unpaired) electrons. The Balaban J connectivity index is 2.25. The fraction of sp³-hybridized carbons (Fsp3) is 0. The molecule has 0 saturated heterocycles. The highest BCUT2D eigenvalue weighted by Gasteiger charge is 2.19. The number of aldehydes is 1. The molecule has 132 valence electrons. The summed E-state index contributed by atoms with van der Waals surface area (Å²) in [4.78, 5) is 16.1. The predicted molar refractivity (Wildman–Crippen MR) is 111 cm³/mol. The van der Waals surface area contributed by atoms with Crippen LogP contribution in [0, 0.1) is 0 Å². The maximum absolute atomic E-state index is 11.7. The minimum atomic E-state index is 0.232. The highest BCUT2D eigenvalue weighted by atomic mass is 35.5. The van der Waals surface area contributed by atoms with E-state index in [1.807, 2.05) is 0 Å². The largest absolute Gasteiger partial charge is 0.298 e. The lowest BCUT2D eigenvalue weighted by molar-refractivity contribution is 0.112. The first-order valence-electron chi connectivity index (χ1n) is 7.08. The smallest absolute Gasteiger partial charge is 0.150 e. The van der Waals surface area contributed by atoms with Crippen molar-refractivity contribution in [2.45, 2.75) is 0 Å². The fourth-order valence-corrected chi connectivity index (χ4v) is 3.90.